The van der Waals surface area contributed by atoms with Crippen LogP contribution in [0.3, 0.4) is 0 Å². The predicted octanol–water partition coefficient (Wildman–Crippen LogP) is 4.03. The molecule has 0 spiro atoms. The summed E-state index contributed by atoms with van der Waals surface area (Å²) in [6.45, 7) is 1.63. The van der Waals surface area contributed by atoms with Crippen LogP contribution >= 0.6 is 15.9 Å². The highest BCUT2D eigenvalue weighted by molar-refractivity contribution is 9.10. The fourth-order valence-electron chi connectivity index (χ4n) is 3.17. The minimum Gasteiger partial charge on any atom is -0.483 e. The second kappa shape index (κ2) is 12.9. The van der Waals surface area contributed by atoms with Gasteiger partial charge in [-0.25, -0.2) is 0 Å². The SMILES string of the molecule is C[C@H](NC(=O)C(C(=O)Nc1ccc(C(=N)N)cc1)c1ccccc1)c1cccc(Br)c1.O=CO. The summed E-state index contributed by atoms with van der Waals surface area (Å²) in [5, 5.41) is 20.1. The van der Waals surface area contributed by atoms with Crippen LogP contribution in [0, 0.1) is 5.41 Å². The molecule has 8 nitrogen and oxygen atoms in total. The van der Waals surface area contributed by atoms with Crippen molar-refractivity contribution in [3.63, 3.8) is 0 Å². The number of carboxylic acid groups (broad SMARTS) is 1. The van der Waals surface area contributed by atoms with Gasteiger partial charge in [-0.05, 0) is 54.4 Å². The summed E-state index contributed by atoms with van der Waals surface area (Å²) in [6.07, 6.45) is 0. The van der Waals surface area contributed by atoms with Gasteiger partial charge in [-0.15, -0.1) is 0 Å². The number of hydrogen-bond acceptors (Lipinski definition) is 4. The summed E-state index contributed by atoms with van der Waals surface area (Å²) in [7, 11) is 0. The van der Waals surface area contributed by atoms with Crippen molar-refractivity contribution < 1.29 is 19.5 Å². The Kier molecular flexibility index (Phi) is 9.97. The Morgan fingerprint density at radius 3 is 2.12 bits per heavy atom. The highest BCUT2D eigenvalue weighted by atomic mass is 79.9. The van der Waals surface area contributed by atoms with E-state index in [-0.39, 0.29) is 18.3 Å². The number of nitrogens with two attached hydrogens (primary N) is 1. The van der Waals surface area contributed by atoms with Crippen molar-refractivity contribution in [1.29, 1.82) is 5.41 Å². The normalized spacial score (nSPS) is 11.7. The molecule has 2 amide bonds. The standard InChI is InChI=1S/C24H23BrN4O2.CH2O2/c1-15(18-8-5-9-19(25)14-18)28-23(30)21(16-6-3-2-4-7-16)24(31)29-20-12-10-17(11-13-20)22(26)27;2-1-3/h2-15,21H,1H3,(H3,26,27)(H,28,30)(H,29,31);1H,(H,2,3)/t15-,21?;/m0./s1. The van der Waals surface area contributed by atoms with Gasteiger partial charge in [0, 0.05) is 15.7 Å². The van der Waals surface area contributed by atoms with Crippen LogP contribution in [0.5, 0.6) is 0 Å². The number of rotatable bonds is 7. The molecule has 0 aromatic heterocycles. The zero-order valence-electron chi connectivity index (χ0n) is 18.4. The van der Waals surface area contributed by atoms with E-state index >= 15 is 0 Å². The first-order valence-electron chi connectivity index (χ1n) is 10.2. The Morgan fingerprint density at radius 1 is 0.971 bits per heavy atom. The van der Waals surface area contributed by atoms with Crippen LogP contribution in [-0.2, 0) is 14.4 Å². The molecule has 2 atom stereocenters. The zero-order chi connectivity index (χ0) is 25.1. The van der Waals surface area contributed by atoms with Crippen molar-refractivity contribution in [2.24, 2.45) is 5.73 Å². The molecule has 0 radical (unpaired) electrons. The minimum absolute atomic E-state index is 0.0547. The molecule has 9 heteroatoms. The average molecular weight is 525 g/mol. The van der Waals surface area contributed by atoms with Crippen molar-refractivity contribution in [2.45, 2.75) is 18.9 Å². The summed E-state index contributed by atoms with van der Waals surface area (Å²) in [4.78, 5) is 34.6. The van der Waals surface area contributed by atoms with Gasteiger partial charge in [0.2, 0.25) is 11.8 Å². The molecule has 0 aliphatic heterocycles. The molecular weight excluding hydrogens is 500 g/mol. The number of nitrogen functional groups attached to an aromatic ring is 1. The average Bonchev–Trinajstić information content (AvgIpc) is 2.80. The number of anilines is 1. The fraction of sp³-hybridized carbons (Fsp3) is 0.120. The molecule has 3 rings (SSSR count). The van der Waals surface area contributed by atoms with Gasteiger partial charge in [0.25, 0.3) is 6.47 Å². The summed E-state index contributed by atoms with van der Waals surface area (Å²) in [6, 6.07) is 22.9. The van der Waals surface area contributed by atoms with E-state index in [4.69, 9.17) is 21.0 Å². The molecule has 0 saturated heterocycles. The van der Waals surface area contributed by atoms with Crippen LogP contribution in [0.4, 0.5) is 5.69 Å². The third-order valence-corrected chi connectivity index (χ3v) is 5.32. The van der Waals surface area contributed by atoms with E-state index in [1.165, 1.54) is 0 Å². The van der Waals surface area contributed by atoms with E-state index in [1.54, 1.807) is 48.5 Å². The van der Waals surface area contributed by atoms with Gasteiger partial charge in [0.1, 0.15) is 11.8 Å². The lowest BCUT2D eigenvalue weighted by atomic mass is 9.96. The Morgan fingerprint density at radius 2 is 1.56 bits per heavy atom. The molecule has 0 saturated carbocycles. The van der Waals surface area contributed by atoms with Crippen molar-refractivity contribution in [3.8, 4) is 0 Å². The van der Waals surface area contributed by atoms with Gasteiger partial charge in [-0.1, -0.05) is 58.4 Å². The molecule has 0 heterocycles. The Hall–Kier alpha value is -3.98. The Bertz CT molecular complexity index is 1140. The monoisotopic (exact) mass is 524 g/mol. The molecule has 3 aromatic carbocycles. The second-order valence-electron chi connectivity index (χ2n) is 7.21. The number of amidine groups is 1. The van der Waals surface area contributed by atoms with E-state index < -0.39 is 17.7 Å². The first-order valence-corrected chi connectivity index (χ1v) is 11.0. The quantitative estimate of drug-likeness (QED) is 0.137. The van der Waals surface area contributed by atoms with E-state index in [0.717, 1.165) is 10.0 Å². The zero-order valence-corrected chi connectivity index (χ0v) is 20.0. The molecule has 3 aromatic rings. The van der Waals surface area contributed by atoms with Crippen LogP contribution in [0.25, 0.3) is 0 Å². The van der Waals surface area contributed by atoms with E-state index in [2.05, 4.69) is 26.6 Å². The Labute approximate surface area is 205 Å². The van der Waals surface area contributed by atoms with Crippen molar-refractivity contribution in [1.82, 2.24) is 5.32 Å². The minimum atomic E-state index is -1.02. The fourth-order valence-corrected chi connectivity index (χ4v) is 3.59. The lowest BCUT2D eigenvalue weighted by molar-refractivity contribution is -0.129. The second-order valence-corrected chi connectivity index (χ2v) is 8.13. The predicted molar refractivity (Wildman–Crippen MR) is 135 cm³/mol. The molecule has 0 bridgehead atoms. The lowest BCUT2D eigenvalue weighted by Gasteiger charge is -2.21. The highest BCUT2D eigenvalue weighted by Crippen LogP contribution is 2.23. The first kappa shape index (κ1) is 26.3. The van der Waals surface area contributed by atoms with Crippen LogP contribution in [-0.4, -0.2) is 29.2 Å². The van der Waals surface area contributed by atoms with Crippen LogP contribution in [0.1, 0.15) is 35.6 Å². The molecule has 1 unspecified atom stereocenters. The third-order valence-electron chi connectivity index (χ3n) is 4.83. The number of hydrogen-bond donors (Lipinski definition) is 5. The van der Waals surface area contributed by atoms with Crippen molar-refractivity contribution >= 4 is 45.7 Å². The van der Waals surface area contributed by atoms with Crippen LogP contribution < -0.4 is 16.4 Å². The third kappa shape index (κ3) is 7.56. The molecule has 0 fully saturated rings. The van der Waals surface area contributed by atoms with Gasteiger partial charge in [-0.2, -0.15) is 0 Å². The summed E-state index contributed by atoms with van der Waals surface area (Å²) >= 11 is 3.44. The topological polar surface area (TPSA) is 145 Å². The van der Waals surface area contributed by atoms with Gasteiger partial charge >= 0.3 is 0 Å². The van der Waals surface area contributed by atoms with Gasteiger partial charge in [-0.3, -0.25) is 19.8 Å². The molecule has 6 N–H and O–H groups in total. The number of benzene rings is 3. The summed E-state index contributed by atoms with van der Waals surface area (Å²) in [5.74, 6) is -1.92. The molecule has 0 aliphatic rings. The molecular formula is C25H25BrN4O4. The van der Waals surface area contributed by atoms with Crippen molar-refractivity contribution in [3.05, 3.63) is 100 Å². The van der Waals surface area contributed by atoms with Crippen LogP contribution in [0.15, 0.2) is 83.3 Å². The summed E-state index contributed by atoms with van der Waals surface area (Å²) in [5.41, 5.74) is 8.07. The lowest BCUT2D eigenvalue weighted by Crippen LogP contribution is -2.37. The van der Waals surface area contributed by atoms with Gasteiger partial charge < -0.3 is 21.5 Å². The van der Waals surface area contributed by atoms with E-state index in [9.17, 15) is 9.59 Å². The Balaban J connectivity index is 0.00000129. The van der Waals surface area contributed by atoms with Crippen molar-refractivity contribution in [2.75, 3.05) is 5.32 Å². The van der Waals surface area contributed by atoms with E-state index in [1.807, 2.05) is 37.3 Å². The number of nitrogens with one attached hydrogen (secondary N) is 3. The highest BCUT2D eigenvalue weighted by Gasteiger charge is 2.29. The largest absolute Gasteiger partial charge is 0.483 e. The summed E-state index contributed by atoms with van der Waals surface area (Å²) < 4.78 is 0.914. The number of carbonyl (C=O) groups is 3. The molecule has 0 aliphatic carbocycles. The number of carbonyl (C=O) groups excluding carboxylic acids is 2. The van der Waals surface area contributed by atoms with E-state index in [0.29, 0.717) is 16.8 Å². The van der Waals surface area contributed by atoms with Gasteiger partial charge in [0.15, 0.2) is 0 Å². The number of halogens is 1. The first-order chi connectivity index (χ1) is 16.3. The van der Waals surface area contributed by atoms with Gasteiger partial charge in [0.05, 0.1) is 6.04 Å². The number of amides is 2. The molecule has 176 valence electrons. The molecule has 34 heavy (non-hydrogen) atoms. The van der Waals surface area contributed by atoms with Crippen LogP contribution in [0.2, 0.25) is 0 Å². The maximum absolute atomic E-state index is 13.2. The maximum atomic E-state index is 13.2. The smallest absolute Gasteiger partial charge is 0.290 e. The maximum Gasteiger partial charge on any atom is 0.290 e.